The third kappa shape index (κ3) is 4.86. The highest BCUT2D eigenvalue weighted by Crippen LogP contribution is 2.28. The number of aromatic nitrogens is 1. The lowest BCUT2D eigenvalue weighted by molar-refractivity contribution is -0.150. The van der Waals surface area contributed by atoms with Crippen LogP contribution in [0.5, 0.6) is 17.4 Å². The van der Waals surface area contributed by atoms with Gasteiger partial charge in [-0.25, -0.2) is 9.78 Å². The molecule has 2 rings (SSSR count). The zero-order chi connectivity index (χ0) is 16.8. The highest BCUT2D eigenvalue weighted by Gasteiger charge is 2.15. The summed E-state index contributed by atoms with van der Waals surface area (Å²) in [7, 11) is 0. The van der Waals surface area contributed by atoms with Gasteiger partial charge in [0.15, 0.2) is 6.10 Å². The highest BCUT2D eigenvalue weighted by molar-refractivity contribution is 6.31. The van der Waals surface area contributed by atoms with Gasteiger partial charge in [-0.1, -0.05) is 11.6 Å². The van der Waals surface area contributed by atoms with E-state index in [1.807, 2.05) is 6.92 Å². The average Bonchev–Trinajstić information content (AvgIpc) is 2.52. The van der Waals surface area contributed by atoms with E-state index >= 15 is 0 Å². The largest absolute Gasteiger partial charge is 0.479 e. The predicted octanol–water partition coefficient (Wildman–Crippen LogP) is 4.17. The van der Waals surface area contributed by atoms with E-state index in [2.05, 4.69) is 4.98 Å². The number of hydrogen-bond acceptors (Lipinski definition) is 5. The Hall–Kier alpha value is -2.27. The van der Waals surface area contributed by atoms with Gasteiger partial charge in [0.25, 0.3) is 0 Å². The maximum absolute atomic E-state index is 11.5. The van der Waals surface area contributed by atoms with Crippen LogP contribution in [0.4, 0.5) is 0 Å². The second-order valence-corrected chi connectivity index (χ2v) is 5.29. The molecule has 0 N–H and O–H groups in total. The topological polar surface area (TPSA) is 57.7 Å². The van der Waals surface area contributed by atoms with Gasteiger partial charge in [-0.15, -0.1) is 0 Å². The van der Waals surface area contributed by atoms with E-state index in [9.17, 15) is 4.79 Å². The number of esters is 1. The van der Waals surface area contributed by atoms with E-state index in [0.29, 0.717) is 29.0 Å². The molecule has 0 saturated heterocycles. The van der Waals surface area contributed by atoms with E-state index in [1.165, 1.54) is 0 Å². The molecule has 6 heteroatoms. The minimum Gasteiger partial charge on any atom is -0.479 e. The normalized spacial score (nSPS) is 11.7. The van der Waals surface area contributed by atoms with Crippen LogP contribution in [0.25, 0.3) is 0 Å². The molecule has 1 aromatic carbocycles. The van der Waals surface area contributed by atoms with Crippen LogP contribution in [0.15, 0.2) is 36.5 Å². The highest BCUT2D eigenvalue weighted by atomic mass is 35.5. The molecule has 1 atom stereocenters. The second-order valence-electron chi connectivity index (χ2n) is 4.89. The van der Waals surface area contributed by atoms with Gasteiger partial charge in [0, 0.05) is 6.20 Å². The van der Waals surface area contributed by atoms with Gasteiger partial charge in [-0.05, 0) is 56.7 Å². The van der Waals surface area contributed by atoms with Crippen molar-refractivity contribution in [1.29, 1.82) is 0 Å². The Bertz CT molecular complexity index is 673. The number of hydrogen-bond donors (Lipinski definition) is 0. The van der Waals surface area contributed by atoms with Gasteiger partial charge in [0.05, 0.1) is 6.61 Å². The van der Waals surface area contributed by atoms with Gasteiger partial charge in [-0.2, -0.15) is 0 Å². The first-order valence-corrected chi connectivity index (χ1v) is 7.60. The minimum atomic E-state index is -0.671. The van der Waals surface area contributed by atoms with Gasteiger partial charge < -0.3 is 14.2 Å². The number of carbonyl (C=O) groups is 1. The fourth-order valence-corrected chi connectivity index (χ4v) is 2.07. The molecule has 1 heterocycles. The van der Waals surface area contributed by atoms with E-state index in [-0.39, 0.29) is 0 Å². The van der Waals surface area contributed by atoms with Crippen molar-refractivity contribution in [1.82, 2.24) is 4.98 Å². The van der Waals surface area contributed by atoms with E-state index in [4.69, 9.17) is 25.8 Å². The third-order valence-electron chi connectivity index (χ3n) is 2.91. The zero-order valence-corrected chi connectivity index (χ0v) is 14.0. The summed E-state index contributed by atoms with van der Waals surface area (Å²) in [4.78, 5) is 15.7. The molecule has 0 aliphatic carbocycles. The van der Waals surface area contributed by atoms with Crippen molar-refractivity contribution in [3.63, 3.8) is 0 Å². The van der Waals surface area contributed by atoms with Crippen molar-refractivity contribution >= 4 is 17.6 Å². The number of nitrogens with zero attached hydrogens (tertiary/aromatic N) is 1. The number of ether oxygens (including phenoxy) is 3. The predicted molar refractivity (Wildman–Crippen MR) is 87.2 cm³/mol. The Morgan fingerprint density at radius 3 is 2.52 bits per heavy atom. The van der Waals surface area contributed by atoms with Gasteiger partial charge in [0.2, 0.25) is 5.88 Å². The summed E-state index contributed by atoms with van der Waals surface area (Å²) in [5.41, 5.74) is 0.957. The van der Waals surface area contributed by atoms with Crippen LogP contribution in [-0.4, -0.2) is 23.7 Å². The minimum absolute atomic E-state index is 0.323. The van der Waals surface area contributed by atoms with Crippen LogP contribution in [0.2, 0.25) is 5.02 Å². The van der Waals surface area contributed by atoms with Crippen molar-refractivity contribution in [3.05, 3.63) is 47.1 Å². The molecule has 0 bridgehead atoms. The molecular formula is C17H18ClNO4. The smallest absolute Gasteiger partial charge is 0.347 e. The first kappa shape index (κ1) is 17.1. The lowest BCUT2D eigenvalue weighted by Crippen LogP contribution is -2.25. The van der Waals surface area contributed by atoms with Gasteiger partial charge >= 0.3 is 5.97 Å². The first-order chi connectivity index (χ1) is 11.0. The Kier molecular flexibility index (Phi) is 5.82. The third-order valence-corrected chi connectivity index (χ3v) is 3.18. The molecule has 0 amide bonds. The van der Waals surface area contributed by atoms with Crippen molar-refractivity contribution in [2.75, 3.05) is 6.61 Å². The molecule has 0 aliphatic heterocycles. The number of rotatable bonds is 6. The molecule has 5 nitrogen and oxygen atoms in total. The van der Waals surface area contributed by atoms with Crippen LogP contribution >= 0.6 is 11.6 Å². The Labute approximate surface area is 140 Å². The van der Waals surface area contributed by atoms with Gasteiger partial charge in [-0.3, -0.25) is 0 Å². The Balaban J connectivity index is 2.00. The maximum atomic E-state index is 11.5. The molecule has 0 spiro atoms. The molecule has 0 radical (unpaired) electrons. The Morgan fingerprint density at radius 1 is 1.26 bits per heavy atom. The first-order valence-electron chi connectivity index (χ1n) is 7.23. The summed E-state index contributed by atoms with van der Waals surface area (Å²) in [6.07, 6.45) is 1.01. The van der Waals surface area contributed by atoms with Crippen molar-refractivity contribution in [3.8, 4) is 17.4 Å². The van der Waals surface area contributed by atoms with E-state index in [1.54, 1.807) is 50.4 Å². The number of halogens is 1. The van der Waals surface area contributed by atoms with Crippen molar-refractivity contribution in [2.24, 2.45) is 0 Å². The molecule has 1 unspecified atom stereocenters. The molecule has 2 aromatic rings. The zero-order valence-electron chi connectivity index (χ0n) is 13.2. The molecule has 1 aromatic heterocycles. The quantitative estimate of drug-likeness (QED) is 0.742. The number of carbonyl (C=O) groups excluding carboxylic acids is 1. The maximum Gasteiger partial charge on any atom is 0.347 e. The van der Waals surface area contributed by atoms with Crippen molar-refractivity contribution < 1.29 is 19.0 Å². The molecule has 0 fully saturated rings. The average molecular weight is 336 g/mol. The second kappa shape index (κ2) is 7.83. The summed E-state index contributed by atoms with van der Waals surface area (Å²) in [6.45, 7) is 5.61. The molecule has 23 heavy (non-hydrogen) atoms. The molecule has 122 valence electrons. The van der Waals surface area contributed by atoms with Gasteiger partial charge in [0.1, 0.15) is 16.5 Å². The number of aryl methyl sites for hydroxylation is 1. The SMILES string of the molecule is CCOC(=O)C(C)Oc1ccc(Oc2ncc(C)cc2Cl)cc1. The number of benzene rings is 1. The lowest BCUT2D eigenvalue weighted by Gasteiger charge is -2.13. The van der Waals surface area contributed by atoms with Crippen LogP contribution in [-0.2, 0) is 9.53 Å². The summed E-state index contributed by atoms with van der Waals surface area (Å²) in [6, 6.07) is 8.61. The molecular weight excluding hydrogens is 318 g/mol. The van der Waals surface area contributed by atoms with Crippen LogP contribution < -0.4 is 9.47 Å². The van der Waals surface area contributed by atoms with Crippen molar-refractivity contribution in [2.45, 2.75) is 26.9 Å². The van der Waals surface area contributed by atoms with E-state index in [0.717, 1.165) is 5.56 Å². The fourth-order valence-electron chi connectivity index (χ4n) is 1.81. The summed E-state index contributed by atoms with van der Waals surface area (Å²) < 4.78 is 16.0. The number of pyridine rings is 1. The Morgan fingerprint density at radius 2 is 1.91 bits per heavy atom. The van der Waals surface area contributed by atoms with E-state index < -0.39 is 12.1 Å². The van der Waals surface area contributed by atoms with Crippen LogP contribution in [0, 0.1) is 6.92 Å². The summed E-state index contributed by atoms with van der Waals surface area (Å²) in [5, 5.41) is 0.446. The lowest BCUT2D eigenvalue weighted by atomic mass is 10.3. The molecule has 0 saturated carbocycles. The standard InChI is InChI=1S/C17H18ClNO4/c1-4-21-17(20)12(3)22-13-5-7-14(8-6-13)23-16-15(18)9-11(2)10-19-16/h5-10,12H,4H2,1-3H3. The van der Waals surface area contributed by atoms with Crippen LogP contribution in [0.3, 0.4) is 0 Å². The summed E-state index contributed by atoms with van der Waals surface area (Å²) >= 11 is 6.08. The fraction of sp³-hybridized carbons (Fsp3) is 0.294. The summed E-state index contributed by atoms with van der Waals surface area (Å²) in [5.74, 6) is 1.05. The van der Waals surface area contributed by atoms with Crippen LogP contribution in [0.1, 0.15) is 19.4 Å². The molecule has 0 aliphatic rings. The monoisotopic (exact) mass is 335 g/mol.